The Bertz CT molecular complexity index is 699. The number of ketones is 1. The molecule has 0 atom stereocenters. The number of hydrogen-bond donors (Lipinski definition) is 0. The molecule has 0 unspecified atom stereocenters. The summed E-state index contributed by atoms with van der Waals surface area (Å²) in [6.07, 6.45) is 5.26. The van der Waals surface area contributed by atoms with E-state index in [0.717, 1.165) is 5.56 Å². The third-order valence-corrected chi connectivity index (χ3v) is 3.13. The molecule has 2 aromatic rings. The van der Waals surface area contributed by atoms with Crippen molar-refractivity contribution in [3.05, 3.63) is 65.7 Å². The Hall–Kier alpha value is -2.86. The van der Waals surface area contributed by atoms with Gasteiger partial charge < -0.3 is 0 Å². The van der Waals surface area contributed by atoms with E-state index in [0.29, 0.717) is 17.8 Å². The highest BCUT2D eigenvalue weighted by Gasteiger charge is 2.19. The molecule has 0 saturated heterocycles. The highest BCUT2D eigenvalue weighted by molar-refractivity contribution is 6.10. The Morgan fingerprint density at radius 3 is 2.29 bits per heavy atom. The second kappa shape index (κ2) is 6.53. The normalized spacial score (nSPS) is 9.71. The highest BCUT2D eigenvalue weighted by Crippen LogP contribution is 2.23. The van der Waals surface area contributed by atoms with Crippen molar-refractivity contribution in [1.82, 2.24) is 0 Å². The molecule has 21 heavy (non-hydrogen) atoms. The molecular weight excluding hydrogens is 262 g/mol. The number of amides is 1. The lowest BCUT2D eigenvalue weighted by molar-refractivity contribution is -0.113. The summed E-state index contributed by atoms with van der Waals surface area (Å²) in [5.41, 5.74) is 1.97. The number of para-hydroxylation sites is 1. The molecule has 0 heterocycles. The fourth-order valence-electron chi connectivity index (χ4n) is 2.12. The minimum absolute atomic E-state index is 0.103. The largest absolute Gasteiger partial charge is 0.302 e. The first kappa shape index (κ1) is 14.5. The minimum atomic E-state index is -0.465. The lowest BCUT2D eigenvalue weighted by Gasteiger charge is -2.22. The quantitative estimate of drug-likeness (QED) is 0.636. The van der Waals surface area contributed by atoms with Crippen molar-refractivity contribution in [2.24, 2.45) is 0 Å². The van der Waals surface area contributed by atoms with Crippen LogP contribution in [0.25, 0.3) is 0 Å². The Morgan fingerprint density at radius 2 is 1.67 bits per heavy atom. The van der Waals surface area contributed by atoms with Gasteiger partial charge in [0.15, 0.2) is 5.78 Å². The van der Waals surface area contributed by atoms with Crippen LogP contribution >= 0.6 is 0 Å². The molecule has 104 valence electrons. The number of anilines is 1. The van der Waals surface area contributed by atoms with Gasteiger partial charge >= 0.3 is 5.91 Å². The lowest BCUT2D eigenvalue weighted by Crippen LogP contribution is -2.30. The SMILES string of the molecule is C#CC(=O)N(Cc1ccccc1)c1ccccc1C(C)=O. The Balaban J connectivity index is 2.45. The molecule has 0 saturated carbocycles. The third-order valence-electron chi connectivity index (χ3n) is 3.13. The molecule has 1 amide bonds. The first-order valence-electron chi connectivity index (χ1n) is 6.55. The van der Waals surface area contributed by atoms with E-state index in [-0.39, 0.29) is 5.78 Å². The summed E-state index contributed by atoms with van der Waals surface area (Å²) in [6, 6.07) is 16.5. The predicted octanol–water partition coefficient (Wildman–Crippen LogP) is 3.06. The molecule has 0 spiro atoms. The van der Waals surface area contributed by atoms with Crippen molar-refractivity contribution < 1.29 is 9.59 Å². The first-order valence-corrected chi connectivity index (χ1v) is 6.55. The Kier molecular flexibility index (Phi) is 4.53. The van der Waals surface area contributed by atoms with Crippen LogP contribution in [0.2, 0.25) is 0 Å². The smallest absolute Gasteiger partial charge is 0.296 e. The number of carbonyl (C=O) groups excluding carboxylic acids is 2. The van der Waals surface area contributed by atoms with Gasteiger partial charge in [-0.25, -0.2) is 0 Å². The van der Waals surface area contributed by atoms with Crippen LogP contribution in [-0.4, -0.2) is 11.7 Å². The number of rotatable bonds is 4. The van der Waals surface area contributed by atoms with Crippen LogP contribution in [0.4, 0.5) is 5.69 Å². The second-order valence-corrected chi connectivity index (χ2v) is 4.59. The molecule has 0 aliphatic heterocycles. The van der Waals surface area contributed by atoms with Gasteiger partial charge in [-0.15, -0.1) is 6.42 Å². The Labute approximate surface area is 124 Å². The average molecular weight is 277 g/mol. The molecular formula is C18H15NO2. The molecule has 3 heteroatoms. The van der Waals surface area contributed by atoms with E-state index >= 15 is 0 Å². The maximum Gasteiger partial charge on any atom is 0.302 e. The van der Waals surface area contributed by atoms with Crippen molar-refractivity contribution in [3.8, 4) is 12.3 Å². The van der Waals surface area contributed by atoms with Gasteiger partial charge in [-0.05, 0) is 30.5 Å². The topological polar surface area (TPSA) is 37.4 Å². The lowest BCUT2D eigenvalue weighted by atomic mass is 10.1. The van der Waals surface area contributed by atoms with E-state index in [1.807, 2.05) is 30.3 Å². The molecule has 0 aliphatic carbocycles. The van der Waals surface area contributed by atoms with E-state index < -0.39 is 5.91 Å². The van der Waals surface area contributed by atoms with Crippen molar-refractivity contribution in [1.29, 1.82) is 0 Å². The summed E-state index contributed by atoms with van der Waals surface area (Å²) in [4.78, 5) is 25.3. The molecule has 3 nitrogen and oxygen atoms in total. The van der Waals surface area contributed by atoms with Crippen molar-refractivity contribution >= 4 is 17.4 Å². The van der Waals surface area contributed by atoms with Crippen molar-refractivity contribution in [3.63, 3.8) is 0 Å². The van der Waals surface area contributed by atoms with E-state index in [9.17, 15) is 9.59 Å². The van der Waals surface area contributed by atoms with Crippen molar-refractivity contribution in [2.45, 2.75) is 13.5 Å². The molecule has 0 fully saturated rings. The molecule has 2 aromatic carbocycles. The van der Waals surface area contributed by atoms with Crippen LogP contribution in [-0.2, 0) is 11.3 Å². The van der Waals surface area contributed by atoms with E-state index in [4.69, 9.17) is 6.42 Å². The number of terminal acetylenes is 1. The van der Waals surface area contributed by atoms with Crippen LogP contribution in [0.3, 0.4) is 0 Å². The zero-order valence-electron chi connectivity index (χ0n) is 11.7. The summed E-state index contributed by atoms with van der Waals surface area (Å²) in [7, 11) is 0. The van der Waals surface area contributed by atoms with Crippen LogP contribution in [0, 0.1) is 12.3 Å². The van der Waals surface area contributed by atoms with Crippen LogP contribution < -0.4 is 4.90 Å². The maximum absolute atomic E-state index is 12.1. The van der Waals surface area contributed by atoms with Crippen LogP contribution in [0.15, 0.2) is 54.6 Å². The zero-order chi connectivity index (χ0) is 15.2. The summed E-state index contributed by atoms with van der Waals surface area (Å²) in [5.74, 6) is 1.56. The summed E-state index contributed by atoms with van der Waals surface area (Å²) >= 11 is 0. The predicted molar refractivity (Wildman–Crippen MR) is 82.9 cm³/mol. The summed E-state index contributed by atoms with van der Waals surface area (Å²) < 4.78 is 0. The van der Waals surface area contributed by atoms with Gasteiger partial charge in [0.1, 0.15) is 0 Å². The monoisotopic (exact) mass is 277 g/mol. The van der Waals surface area contributed by atoms with E-state index in [1.54, 1.807) is 24.3 Å². The fraction of sp³-hybridized carbons (Fsp3) is 0.111. The van der Waals surface area contributed by atoms with Crippen LogP contribution in [0.1, 0.15) is 22.8 Å². The van der Waals surface area contributed by atoms with Crippen molar-refractivity contribution in [2.75, 3.05) is 4.90 Å². The first-order chi connectivity index (χ1) is 10.1. The third kappa shape index (κ3) is 3.37. The Morgan fingerprint density at radius 1 is 1.05 bits per heavy atom. The van der Waals surface area contributed by atoms with Gasteiger partial charge in [0.2, 0.25) is 0 Å². The standard InChI is InChI=1S/C18H15NO2/c1-3-18(21)19(13-15-9-5-4-6-10-15)17-12-8-7-11-16(17)14(2)20/h1,4-12H,13H2,2H3. The number of hydrogen-bond acceptors (Lipinski definition) is 2. The summed E-state index contributed by atoms with van der Waals surface area (Å²) in [5, 5.41) is 0. The number of benzene rings is 2. The van der Waals surface area contributed by atoms with E-state index in [1.165, 1.54) is 11.8 Å². The van der Waals surface area contributed by atoms with Crippen LogP contribution in [0.5, 0.6) is 0 Å². The maximum atomic E-state index is 12.1. The van der Waals surface area contributed by atoms with Gasteiger partial charge in [0.25, 0.3) is 0 Å². The summed E-state index contributed by atoms with van der Waals surface area (Å²) in [6.45, 7) is 1.80. The highest BCUT2D eigenvalue weighted by atomic mass is 16.2. The zero-order valence-corrected chi connectivity index (χ0v) is 11.7. The molecule has 2 rings (SSSR count). The van der Waals surface area contributed by atoms with Gasteiger partial charge in [-0.1, -0.05) is 42.5 Å². The second-order valence-electron chi connectivity index (χ2n) is 4.59. The minimum Gasteiger partial charge on any atom is -0.296 e. The average Bonchev–Trinajstić information content (AvgIpc) is 2.53. The van der Waals surface area contributed by atoms with Gasteiger partial charge in [-0.3, -0.25) is 14.5 Å². The van der Waals surface area contributed by atoms with Gasteiger partial charge in [0.05, 0.1) is 12.2 Å². The molecule has 0 radical (unpaired) electrons. The number of nitrogens with zero attached hydrogens (tertiary/aromatic N) is 1. The molecule has 0 aromatic heterocycles. The molecule has 0 N–H and O–H groups in total. The number of carbonyl (C=O) groups is 2. The number of Topliss-reactive ketones (excluding diaryl/α,β-unsaturated/α-hetero) is 1. The molecule has 0 aliphatic rings. The van der Waals surface area contributed by atoms with Gasteiger partial charge in [-0.2, -0.15) is 0 Å². The fourth-order valence-corrected chi connectivity index (χ4v) is 2.12. The van der Waals surface area contributed by atoms with E-state index in [2.05, 4.69) is 5.92 Å². The van der Waals surface area contributed by atoms with Gasteiger partial charge in [0, 0.05) is 5.56 Å². The molecule has 0 bridgehead atoms.